The summed E-state index contributed by atoms with van der Waals surface area (Å²) in [5.41, 5.74) is 0. The highest BCUT2D eigenvalue weighted by Crippen LogP contribution is 2.13. The van der Waals surface area contributed by atoms with Gasteiger partial charge in [0.15, 0.2) is 0 Å². The maximum absolute atomic E-state index is 5.29. The van der Waals surface area contributed by atoms with Crippen molar-refractivity contribution >= 4 is 29.7 Å². The summed E-state index contributed by atoms with van der Waals surface area (Å²) in [6.07, 6.45) is 13.0. The maximum Gasteiger partial charge on any atom is 0.0330 e. The fourth-order valence-electron chi connectivity index (χ4n) is 3.97. The van der Waals surface area contributed by atoms with Crippen molar-refractivity contribution in [2.45, 2.75) is 66.2 Å². The van der Waals surface area contributed by atoms with E-state index < -0.39 is 0 Å². The first kappa shape index (κ1) is 40.0. The molecule has 33 heavy (non-hydrogen) atoms. The van der Waals surface area contributed by atoms with Crippen LogP contribution >= 0.6 is 29.7 Å². The first-order chi connectivity index (χ1) is 14.6. The minimum atomic E-state index is 0. The molecule has 0 saturated carbocycles. The standard InChI is InChI=1S/C9H15N.2C8H13N.C2H6.3H3P/c1-3-5-9-6-4-7-10(2)8-9;1-3-8-5-4-6-9(2)7-8;1-2-4-8-5-3-6-9-7-8;1-2;;;/h9H,4,6-8H2,1-2H3;1,8H,4-7H2,2H3;8-9H,3,5-7H2,1H3;1-2H3;3*1H3. The lowest BCUT2D eigenvalue weighted by molar-refractivity contribution is 0.242. The van der Waals surface area contributed by atoms with Gasteiger partial charge >= 0.3 is 0 Å². The minimum Gasteiger partial charge on any atom is -0.316 e. The Morgan fingerprint density at radius 3 is 1.58 bits per heavy atom. The molecule has 3 aliphatic heterocycles. The van der Waals surface area contributed by atoms with Gasteiger partial charge in [0.2, 0.25) is 0 Å². The van der Waals surface area contributed by atoms with Crippen molar-refractivity contribution in [3.8, 4) is 36.0 Å². The van der Waals surface area contributed by atoms with Crippen LogP contribution in [0, 0.1) is 53.8 Å². The van der Waals surface area contributed by atoms with Crippen LogP contribution in [0.4, 0.5) is 0 Å². The van der Waals surface area contributed by atoms with Gasteiger partial charge in [0.05, 0.1) is 0 Å². The molecule has 6 heteroatoms. The van der Waals surface area contributed by atoms with E-state index in [1.807, 2.05) is 27.7 Å². The molecule has 0 amide bonds. The van der Waals surface area contributed by atoms with Crippen LogP contribution in [0.5, 0.6) is 0 Å². The third-order valence-corrected chi connectivity index (χ3v) is 5.48. The van der Waals surface area contributed by atoms with Crippen molar-refractivity contribution in [1.29, 1.82) is 0 Å². The van der Waals surface area contributed by atoms with Crippen molar-refractivity contribution in [2.24, 2.45) is 17.8 Å². The van der Waals surface area contributed by atoms with Gasteiger partial charge < -0.3 is 15.1 Å². The number of hydrogen-bond acceptors (Lipinski definition) is 3. The molecule has 6 atom stereocenters. The lowest BCUT2D eigenvalue weighted by atomic mass is 9.99. The fourth-order valence-corrected chi connectivity index (χ4v) is 3.97. The lowest BCUT2D eigenvalue weighted by Crippen LogP contribution is -2.31. The second-order valence-corrected chi connectivity index (χ2v) is 8.20. The highest BCUT2D eigenvalue weighted by molar-refractivity contribution is 6.92. The highest BCUT2D eigenvalue weighted by Gasteiger charge is 2.14. The van der Waals surface area contributed by atoms with E-state index in [0.717, 1.165) is 13.1 Å². The van der Waals surface area contributed by atoms with Crippen LogP contribution in [-0.2, 0) is 0 Å². The third kappa shape index (κ3) is 22.1. The summed E-state index contributed by atoms with van der Waals surface area (Å²) in [5.74, 6) is 16.9. The monoisotopic (exact) mass is 515 g/mol. The second-order valence-electron chi connectivity index (χ2n) is 8.20. The van der Waals surface area contributed by atoms with Gasteiger partial charge in [-0.2, -0.15) is 29.7 Å². The van der Waals surface area contributed by atoms with E-state index in [9.17, 15) is 0 Å². The Hall–Kier alpha value is -0.150. The SMILES string of the molecule is C#CC1CCCN(C)C1.CC.CC#CC1CCCN(C)C1.CC#CC1CCCNC1.P.P.P. The number of terminal acetylenes is 1. The quantitative estimate of drug-likeness (QED) is 0.378. The number of nitrogens with zero attached hydrogens (tertiary/aromatic N) is 2. The molecule has 1 N–H and O–H groups in total. The van der Waals surface area contributed by atoms with Crippen molar-refractivity contribution in [1.82, 2.24) is 15.1 Å². The topological polar surface area (TPSA) is 18.5 Å². The Morgan fingerprint density at radius 2 is 1.18 bits per heavy atom. The largest absolute Gasteiger partial charge is 0.316 e. The van der Waals surface area contributed by atoms with Gasteiger partial charge in [-0.05, 0) is 86.1 Å². The van der Waals surface area contributed by atoms with Gasteiger partial charge in [0.1, 0.15) is 0 Å². The molecule has 0 aliphatic carbocycles. The lowest BCUT2D eigenvalue weighted by Gasteiger charge is -2.26. The molecule has 3 nitrogen and oxygen atoms in total. The Kier molecular flexibility index (Phi) is 34.1. The molecule has 3 fully saturated rings. The van der Waals surface area contributed by atoms with Crippen molar-refractivity contribution in [2.75, 3.05) is 53.4 Å². The number of nitrogens with one attached hydrogen (secondary N) is 1. The highest BCUT2D eigenvalue weighted by atomic mass is 31.0. The van der Waals surface area contributed by atoms with Gasteiger partial charge in [-0.1, -0.05) is 25.7 Å². The molecule has 3 aliphatic rings. The Morgan fingerprint density at radius 1 is 0.727 bits per heavy atom. The van der Waals surface area contributed by atoms with E-state index in [2.05, 4.69) is 58.8 Å². The molecule has 0 spiro atoms. The summed E-state index contributed by atoms with van der Waals surface area (Å²) in [6, 6.07) is 0. The Labute approximate surface area is 218 Å². The molecule has 3 saturated heterocycles. The van der Waals surface area contributed by atoms with Gasteiger partial charge in [-0.25, -0.2) is 0 Å². The van der Waals surface area contributed by atoms with Crippen molar-refractivity contribution < 1.29 is 0 Å². The summed E-state index contributed by atoms with van der Waals surface area (Å²) >= 11 is 0. The van der Waals surface area contributed by atoms with Gasteiger partial charge in [-0.3, -0.25) is 0 Å². The molecule has 0 bridgehead atoms. The normalized spacial score (nSPS) is 23.7. The average molecular weight is 516 g/mol. The van der Waals surface area contributed by atoms with Crippen LogP contribution < -0.4 is 5.32 Å². The molecular weight excluding hydrogens is 459 g/mol. The van der Waals surface area contributed by atoms with E-state index in [4.69, 9.17) is 6.42 Å². The minimum absolute atomic E-state index is 0. The Balaban J connectivity index is -0.000000176. The van der Waals surface area contributed by atoms with Gasteiger partial charge in [0, 0.05) is 37.4 Å². The second kappa shape index (κ2) is 28.1. The van der Waals surface area contributed by atoms with Crippen LogP contribution in [0.25, 0.3) is 0 Å². The molecule has 6 unspecified atom stereocenters. The molecule has 0 aromatic carbocycles. The third-order valence-electron chi connectivity index (χ3n) is 5.48. The molecule has 0 radical (unpaired) electrons. The van der Waals surface area contributed by atoms with Crippen molar-refractivity contribution in [3.05, 3.63) is 0 Å². The summed E-state index contributed by atoms with van der Waals surface area (Å²) in [4.78, 5) is 4.66. The molecule has 194 valence electrons. The smallest absolute Gasteiger partial charge is 0.0330 e. The van der Waals surface area contributed by atoms with Crippen LogP contribution in [0.3, 0.4) is 0 Å². The summed E-state index contributed by atoms with van der Waals surface area (Å²) in [7, 11) is 4.30. The summed E-state index contributed by atoms with van der Waals surface area (Å²) < 4.78 is 0. The van der Waals surface area contributed by atoms with E-state index in [1.54, 1.807) is 0 Å². The van der Waals surface area contributed by atoms with E-state index >= 15 is 0 Å². The van der Waals surface area contributed by atoms with Crippen LogP contribution in [-0.4, -0.2) is 63.2 Å². The number of piperidine rings is 3. The van der Waals surface area contributed by atoms with Crippen LogP contribution in [0.1, 0.15) is 66.2 Å². The summed E-state index contributed by atoms with van der Waals surface area (Å²) in [6.45, 7) is 14.9. The maximum atomic E-state index is 5.29. The van der Waals surface area contributed by atoms with E-state index in [1.165, 1.54) is 64.7 Å². The first-order valence-corrected chi connectivity index (χ1v) is 12.0. The molecular formula is C27H56N3P3. The zero-order valence-electron chi connectivity index (χ0n) is 22.8. The number of likely N-dealkylation sites (tertiary alicyclic amines) is 2. The molecule has 0 aromatic rings. The zero-order valence-corrected chi connectivity index (χ0v) is 27.1. The molecule has 3 rings (SSSR count). The predicted molar refractivity (Wildman–Crippen MR) is 166 cm³/mol. The van der Waals surface area contributed by atoms with Crippen LogP contribution in [0.2, 0.25) is 0 Å². The Bertz CT molecular complexity index is 577. The summed E-state index contributed by atoms with van der Waals surface area (Å²) in [5, 5.41) is 3.32. The van der Waals surface area contributed by atoms with E-state index in [0.29, 0.717) is 17.8 Å². The molecule has 3 heterocycles. The predicted octanol–water partition coefficient (Wildman–Crippen LogP) is 4.52. The average Bonchev–Trinajstić information content (AvgIpc) is 2.77. The molecule has 0 aromatic heterocycles. The number of rotatable bonds is 0. The van der Waals surface area contributed by atoms with Gasteiger partial charge in [0.25, 0.3) is 0 Å². The number of hydrogen-bond donors (Lipinski definition) is 1. The van der Waals surface area contributed by atoms with E-state index in [-0.39, 0.29) is 29.7 Å². The van der Waals surface area contributed by atoms with Crippen molar-refractivity contribution in [3.63, 3.8) is 0 Å². The van der Waals surface area contributed by atoms with Crippen LogP contribution in [0.15, 0.2) is 0 Å². The first-order valence-electron chi connectivity index (χ1n) is 12.0. The zero-order chi connectivity index (χ0) is 22.6. The fraction of sp³-hybridized carbons (Fsp3) is 0.778. The van der Waals surface area contributed by atoms with Gasteiger partial charge in [-0.15, -0.1) is 24.2 Å².